The lowest BCUT2D eigenvalue weighted by atomic mass is 10.1. The number of nitrogens with one attached hydrogen (secondary N) is 1. The Morgan fingerprint density at radius 2 is 2.00 bits per heavy atom. The average Bonchev–Trinajstić information content (AvgIpc) is 2.94. The molecule has 1 aromatic carbocycles. The molecule has 1 aliphatic heterocycles. The molecule has 23 heavy (non-hydrogen) atoms. The van der Waals surface area contributed by atoms with Crippen LogP contribution >= 0.6 is 11.3 Å². The molecule has 3 rings (SSSR count). The number of fused-ring (bicyclic) bond motifs is 1. The smallest absolute Gasteiger partial charge is 0.238 e. The lowest BCUT2D eigenvalue weighted by molar-refractivity contribution is -0.117. The fourth-order valence-corrected chi connectivity index (χ4v) is 3.98. The summed E-state index contributed by atoms with van der Waals surface area (Å²) < 4.78 is 22.4. The number of hydrogen-bond donors (Lipinski definition) is 2. The number of carbonyl (C=O) groups excluding carboxylic acids is 1. The summed E-state index contributed by atoms with van der Waals surface area (Å²) in [6, 6.07) is 7.93. The third-order valence-corrected chi connectivity index (χ3v) is 5.67. The molecule has 1 aromatic heterocycles. The molecule has 122 valence electrons. The maximum atomic E-state index is 12.1. The van der Waals surface area contributed by atoms with Gasteiger partial charge in [-0.3, -0.25) is 9.69 Å². The van der Waals surface area contributed by atoms with Crippen molar-refractivity contribution in [2.45, 2.75) is 17.9 Å². The van der Waals surface area contributed by atoms with Gasteiger partial charge in [0.05, 0.1) is 11.4 Å². The van der Waals surface area contributed by atoms with Crippen molar-refractivity contribution in [2.75, 3.05) is 18.4 Å². The van der Waals surface area contributed by atoms with E-state index >= 15 is 0 Å². The molecule has 2 aromatic rings. The topological polar surface area (TPSA) is 92.5 Å². The van der Waals surface area contributed by atoms with Crippen molar-refractivity contribution >= 4 is 33.0 Å². The van der Waals surface area contributed by atoms with Crippen molar-refractivity contribution in [1.29, 1.82) is 0 Å². The van der Waals surface area contributed by atoms with Gasteiger partial charge in [-0.05, 0) is 47.7 Å². The van der Waals surface area contributed by atoms with Crippen LogP contribution in [0.4, 0.5) is 5.69 Å². The third-order valence-electron chi connectivity index (χ3n) is 3.72. The summed E-state index contributed by atoms with van der Waals surface area (Å²) in [7, 11) is -3.71. The maximum absolute atomic E-state index is 12.1. The van der Waals surface area contributed by atoms with E-state index in [1.54, 1.807) is 11.3 Å². The van der Waals surface area contributed by atoms with Crippen molar-refractivity contribution < 1.29 is 13.2 Å². The van der Waals surface area contributed by atoms with Crippen molar-refractivity contribution in [3.63, 3.8) is 0 Å². The monoisotopic (exact) mass is 351 g/mol. The number of primary sulfonamides is 1. The summed E-state index contributed by atoms with van der Waals surface area (Å²) >= 11 is 1.77. The van der Waals surface area contributed by atoms with Crippen LogP contribution in [0.15, 0.2) is 40.6 Å². The first-order valence-corrected chi connectivity index (χ1v) is 9.55. The largest absolute Gasteiger partial charge is 0.325 e. The van der Waals surface area contributed by atoms with Gasteiger partial charge in [-0.25, -0.2) is 13.6 Å². The highest BCUT2D eigenvalue weighted by Crippen LogP contribution is 2.23. The molecule has 0 spiro atoms. The minimum atomic E-state index is -3.71. The van der Waals surface area contributed by atoms with Crippen molar-refractivity contribution in [1.82, 2.24) is 4.90 Å². The van der Waals surface area contributed by atoms with E-state index in [1.807, 2.05) is 0 Å². The molecule has 3 N–H and O–H groups in total. The fraction of sp³-hybridized carbons (Fsp3) is 0.267. The molecular weight excluding hydrogens is 334 g/mol. The van der Waals surface area contributed by atoms with Crippen molar-refractivity contribution in [2.24, 2.45) is 5.14 Å². The van der Waals surface area contributed by atoms with Gasteiger partial charge in [0, 0.05) is 23.7 Å². The van der Waals surface area contributed by atoms with Crippen LogP contribution in [-0.2, 0) is 27.8 Å². The number of sulfonamides is 1. The van der Waals surface area contributed by atoms with Gasteiger partial charge in [0.1, 0.15) is 0 Å². The van der Waals surface area contributed by atoms with Gasteiger partial charge in [0.15, 0.2) is 0 Å². The Labute approximate surface area is 139 Å². The van der Waals surface area contributed by atoms with Crippen molar-refractivity contribution in [3.05, 3.63) is 46.2 Å². The summed E-state index contributed by atoms with van der Waals surface area (Å²) in [5.41, 5.74) is 1.85. The van der Waals surface area contributed by atoms with Gasteiger partial charge in [0.25, 0.3) is 0 Å². The summed E-state index contributed by atoms with van der Waals surface area (Å²) in [4.78, 5) is 15.6. The minimum absolute atomic E-state index is 0.0246. The third kappa shape index (κ3) is 3.97. The number of anilines is 1. The predicted octanol–water partition coefficient (Wildman–Crippen LogP) is 1.39. The van der Waals surface area contributed by atoms with Crippen LogP contribution in [0.5, 0.6) is 0 Å². The van der Waals surface area contributed by atoms with Crippen LogP contribution in [0, 0.1) is 0 Å². The Balaban J connectivity index is 1.58. The van der Waals surface area contributed by atoms with E-state index in [9.17, 15) is 13.2 Å². The zero-order valence-electron chi connectivity index (χ0n) is 12.4. The summed E-state index contributed by atoms with van der Waals surface area (Å²) in [5.74, 6) is -0.118. The van der Waals surface area contributed by atoms with E-state index in [-0.39, 0.29) is 10.8 Å². The molecule has 2 heterocycles. The highest BCUT2D eigenvalue weighted by molar-refractivity contribution is 7.89. The lowest BCUT2D eigenvalue weighted by Gasteiger charge is -2.26. The quantitative estimate of drug-likeness (QED) is 0.871. The highest BCUT2D eigenvalue weighted by atomic mass is 32.2. The number of benzene rings is 1. The molecule has 8 heteroatoms. The number of nitrogens with two attached hydrogens (primary N) is 1. The molecule has 0 saturated carbocycles. The Kier molecular flexibility index (Phi) is 4.49. The van der Waals surface area contributed by atoms with Crippen LogP contribution < -0.4 is 10.5 Å². The van der Waals surface area contributed by atoms with Gasteiger partial charge in [-0.1, -0.05) is 0 Å². The van der Waals surface area contributed by atoms with E-state index in [4.69, 9.17) is 5.14 Å². The SMILES string of the molecule is NS(=O)(=O)c1ccc(NC(=O)CN2CCc3sccc3C2)cc1. The molecule has 1 amide bonds. The number of thiophene rings is 1. The molecule has 0 bridgehead atoms. The molecule has 0 aliphatic carbocycles. The summed E-state index contributed by atoms with van der Waals surface area (Å²) in [6.45, 7) is 1.97. The highest BCUT2D eigenvalue weighted by Gasteiger charge is 2.19. The molecule has 0 unspecified atom stereocenters. The van der Waals surface area contributed by atoms with Gasteiger partial charge in [0.2, 0.25) is 15.9 Å². The number of carbonyl (C=O) groups is 1. The van der Waals surface area contributed by atoms with Crippen LogP contribution in [0.3, 0.4) is 0 Å². The summed E-state index contributed by atoms with van der Waals surface area (Å²) in [5, 5.41) is 9.90. The van der Waals surface area contributed by atoms with E-state index in [1.165, 1.54) is 34.7 Å². The predicted molar refractivity (Wildman–Crippen MR) is 89.7 cm³/mol. The number of nitrogens with zero attached hydrogens (tertiary/aromatic N) is 1. The molecule has 0 saturated heterocycles. The standard InChI is InChI=1S/C15H17N3O3S2/c16-23(20,21)13-3-1-12(2-4-13)17-15(19)10-18-7-5-14-11(9-18)6-8-22-14/h1-4,6,8H,5,7,9-10H2,(H,17,19)(H2,16,20,21). The molecule has 6 nitrogen and oxygen atoms in total. The number of rotatable bonds is 4. The van der Waals surface area contributed by atoms with E-state index < -0.39 is 10.0 Å². The minimum Gasteiger partial charge on any atom is -0.325 e. The number of amides is 1. The second-order valence-corrected chi connectivity index (χ2v) is 8.01. The van der Waals surface area contributed by atoms with Crippen LogP contribution in [-0.4, -0.2) is 32.3 Å². The zero-order chi connectivity index (χ0) is 16.4. The fourth-order valence-electron chi connectivity index (χ4n) is 2.57. The molecule has 0 fully saturated rings. The van der Waals surface area contributed by atoms with E-state index in [0.29, 0.717) is 12.2 Å². The Bertz CT molecular complexity index is 813. The maximum Gasteiger partial charge on any atom is 0.238 e. The van der Waals surface area contributed by atoms with Crippen LogP contribution in [0.1, 0.15) is 10.4 Å². The van der Waals surface area contributed by atoms with E-state index in [0.717, 1.165) is 19.5 Å². The normalized spacial score (nSPS) is 15.2. The van der Waals surface area contributed by atoms with Gasteiger partial charge in [-0.15, -0.1) is 11.3 Å². The van der Waals surface area contributed by atoms with Gasteiger partial charge >= 0.3 is 0 Å². The molecular formula is C15H17N3O3S2. The van der Waals surface area contributed by atoms with Crippen molar-refractivity contribution in [3.8, 4) is 0 Å². The lowest BCUT2D eigenvalue weighted by Crippen LogP contribution is -2.36. The second kappa shape index (κ2) is 6.40. The Hall–Kier alpha value is -1.74. The summed E-state index contributed by atoms with van der Waals surface area (Å²) in [6.07, 6.45) is 0.976. The Morgan fingerprint density at radius 1 is 1.26 bits per heavy atom. The molecule has 0 radical (unpaired) electrons. The first-order chi connectivity index (χ1) is 10.9. The zero-order valence-corrected chi connectivity index (χ0v) is 14.0. The first kappa shape index (κ1) is 16.1. The number of hydrogen-bond acceptors (Lipinski definition) is 5. The Morgan fingerprint density at radius 3 is 2.70 bits per heavy atom. The second-order valence-electron chi connectivity index (χ2n) is 5.45. The van der Waals surface area contributed by atoms with E-state index in [2.05, 4.69) is 21.7 Å². The first-order valence-electron chi connectivity index (χ1n) is 7.12. The van der Waals surface area contributed by atoms with Crippen LogP contribution in [0.25, 0.3) is 0 Å². The molecule has 0 atom stereocenters. The van der Waals surface area contributed by atoms with Gasteiger partial charge < -0.3 is 5.32 Å². The van der Waals surface area contributed by atoms with Gasteiger partial charge in [-0.2, -0.15) is 0 Å². The molecule has 1 aliphatic rings. The van der Waals surface area contributed by atoms with Crippen LogP contribution in [0.2, 0.25) is 0 Å². The average molecular weight is 351 g/mol.